The van der Waals surface area contributed by atoms with Gasteiger partial charge in [-0.3, -0.25) is 24.2 Å². The van der Waals surface area contributed by atoms with Gasteiger partial charge in [0.05, 0.1) is 6.04 Å². The van der Waals surface area contributed by atoms with E-state index in [-0.39, 0.29) is 42.6 Å². The molecule has 1 fully saturated rings. The second-order valence-electron chi connectivity index (χ2n) is 10.5. The molecule has 37 heavy (non-hydrogen) atoms. The van der Waals surface area contributed by atoms with E-state index < -0.39 is 36.0 Å². The van der Waals surface area contributed by atoms with Crippen LogP contribution in [0, 0.1) is 11.8 Å². The highest BCUT2D eigenvalue weighted by Gasteiger charge is 2.38. The SMILES string of the molecule is CCNC(=O)[C@@H]1CCCN1C(=O)C(CCCN=C(N)N)NC(=O)C(CC(C)C)NC(=O)C(N)CC(C)C. The molecule has 1 rings (SSSR count). The number of likely N-dealkylation sites (N-methyl/N-ethyl adjacent to an activating group) is 1. The number of nitrogens with two attached hydrogens (primary N) is 3. The second-order valence-corrected chi connectivity index (χ2v) is 10.5. The van der Waals surface area contributed by atoms with Gasteiger partial charge in [0.1, 0.15) is 18.1 Å². The molecule has 4 atom stereocenters. The Kier molecular flexibility index (Phi) is 13.9. The second kappa shape index (κ2) is 16.1. The number of rotatable bonds is 15. The molecule has 0 bridgehead atoms. The van der Waals surface area contributed by atoms with Crippen LogP contribution in [0.25, 0.3) is 0 Å². The van der Waals surface area contributed by atoms with E-state index in [0.717, 1.165) is 0 Å². The summed E-state index contributed by atoms with van der Waals surface area (Å²) in [5, 5.41) is 8.39. The molecule has 1 saturated heterocycles. The van der Waals surface area contributed by atoms with E-state index in [1.54, 1.807) is 0 Å². The molecule has 0 aliphatic carbocycles. The van der Waals surface area contributed by atoms with Crippen LogP contribution in [-0.4, -0.2) is 78.3 Å². The molecule has 4 amide bonds. The average molecular weight is 525 g/mol. The van der Waals surface area contributed by atoms with Crippen LogP contribution in [0.3, 0.4) is 0 Å². The van der Waals surface area contributed by atoms with Gasteiger partial charge in [0.2, 0.25) is 23.6 Å². The normalized spacial score (nSPS) is 17.7. The standard InChI is InChI=1S/C25H48N8O4/c1-6-29-23(36)20-10-8-12-33(20)24(37)18(9-7-11-30-25(27)28)31-22(35)19(14-16(4)5)32-21(34)17(26)13-15(2)3/h15-20H,6-14,26H2,1-5H3,(H,29,36)(H,31,35)(H,32,34)(H4,27,28,30)/t17?,18?,19?,20-/m0/s1. The first-order chi connectivity index (χ1) is 17.4. The van der Waals surface area contributed by atoms with Crippen molar-refractivity contribution in [1.82, 2.24) is 20.9 Å². The van der Waals surface area contributed by atoms with Gasteiger partial charge in [-0.15, -0.1) is 0 Å². The predicted molar refractivity (Wildman–Crippen MR) is 144 cm³/mol. The number of nitrogens with one attached hydrogen (secondary N) is 3. The number of nitrogens with zero attached hydrogens (tertiary/aromatic N) is 2. The van der Waals surface area contributed by atoms with Gasteiger partial charge in [0, 0.05) is 19.6 Å². The molecule has 1 heterocycles. The first-order valence-electron chi connectivity index (χ1n) is 13.4. The van der Waals surface area contributed by atoms with E-state index >= 15 is 0 Å². The monoisotopic (exact) mass is 524 g/mol. The molecule has 0 aromatic rings. The fourth-order valence-corrected chi connectivity index (χ4v) is 4.43. The Balaban J connectivity index is 3.07. The smallest absolute Gasteiger partial charge is 0.245 e. The molecule has 0 saturated carbocycles. The molecule has 0 spiro atoms. The van der Waals surface area contributed by atoms with Crippen LogP contribution in [0.5, 0.6) is 0 Å². The van der Waals surface area contributed by atoms with Gasteiger partial charge in [-0.25, -0.2) is 0 Å². The minimum absolute atomic E-state index is 0.0554. The fraction of sp³-hybridized carbons (Fsp3) is 0.800. The molecular formula is C25H48N8O4. The molecule has 12 nitrogen and oxygen atoms in total. The summed E-state index contributed by atoms with van der Waals surface area (Å²) in [7, 11) is 0. The first-order valence-corrected chi connectivity index (χ1v) is 13.4. The summed E-state index contributed by atoms with van der Waals surface area (Å²) < 4.78 is 0. The number of hydrogen-bond donors (Lipinski definition) is 6. The van der Waals surface area contributed by atoms with Crippen molar-refractivity contribution >= 4 is 29.6 Å². The third-order valence-corrected chi connectivity index (χ3v) is 6.15. The summed E-state index contributed by atoms with van der Waals surface area (Å²) in [4.78, 5) is 57.6. The number of carbonyl (C=O) groups excluding carboxylic acids is 4. The van der Waals surface area contributed by atoms with E-state index in [4.69, 9.17) is 17.2 Å². The van der Waals surface area contributed by atoms with Gasteiger partial charge in [-0.05, 0) is 57.3 Å². The van der Waals surface area contributed by atoms with Gasteiger partial charge in [-0.1, -0.05) is 27.7 Å². The van der Waals surface area contributed by atoms with Crippen LogP contribution in [0.15, 0.2) is 4.99 Å². The van der Waals surface area contributed by atoms with Crippen molar-refractivity contribution in [1.29, 1.82) is 0 Å². The number of aliphatic imine (C=N–C) groups is 1. The summed E-state index contributed by atoms with van der Waals surface area (Å²) in [5.41, 5.74) is 16.8. The summed E-state index contributed by atoms with van der Waals surface area (Å²) in [6.45, 7) is 10.8. The predicted octanol–water partition coefficient (Wildman–Crippen LogP) is -0.444. The number of hydrogen-bond acceptors (Lipinski definition) is 6. The lowest BCUT2D eigenvalue weighted by atomic mass is 10.00. The van der Waals surface area contributed by atoms with Crippen molar-refractivity contribution in [3.63, 3.8) is 0 Å². The molecule has 12 heteroatoms. The summed E-state index contributed by atoms with van der Waals surface area (Å²) >= 11 is 0. The van der Waals surface area contributed by atoms with Crippen molar-refractivity contribution < 1.29 is 19.2 Å². The average Bonchev–Trinajstić information content (AvgIpc) is 3.29. The Morgan fingerprint density at radius 3 is 2.16 bits per heavy atom. The molecule has 3 unspecified atom stereocenters. The number of carbonyl (C=O) groups is 4. The molecule has 9 N–H and O–H groups in total. The lowest BCUT2D eigenvalue weighted by Crippen LogP contribution is -2.58. The number of likely N-dealkylation sites (tertiary alicyclic amines) is 1. The molecule has 0 aromatic heterocycles. The Labute approximate surface area is 220 Å². The Bertz CT molecular complexity index is 798. The zero-order valence-electron chi connectivity index (χ0n) is 23.1. The first kappa shape index (κ1) is 32.1. The summed E-state index contributed by atoms with van der Waals surface area (Å²) in [6.07, 6.45) is 2.84. The van der Waals surface area contributed by atoms with Crippen molar-refractivity contribution in [2.45, 2.75) is 97.3 Å². The Morgan fingerprint density at radius 1 is 0.973 bits per heavy atom. The van der Waals surface area contributed by atoms with E-state index in [1.807, 2.05) is 34.6 Å². The third kappa shape index (κ3) is 11.4. The van der Waals surface area contributed by atoms with Gasteiger partial charge < -0.3 is 38.1 Å². The maximum atomic E-state index is 13.6. The van der Waals surface area contributed by atoms with Crippen LogP contribution in [0.1, 0.15) is 73.1 Å². The van der Waals surface area contributed by atoms with Gasteiger partial charge in [0.25, 0.3) is 0 Å². The minimum Gasteiger partial charge on any atom is -0.370 e. The molecule has 0 radical (unpaired) electrons. The molecule has 0 aromatic carbocycles. The van der Waals surface area contributed by atoms with E-state index in [9.17, 15) is 19.2 Å². The fourth-order valence-electron chi connectivity index (χ4n) is 4.43. The number of guanidine groups is 1. The maximum absolute atomic E-state index is 13.6. The van der Waals surface area contributed by atoms with Crippen molar-refractivity contribution in [2.75, 3.05) is 19.6 Å². The highest BCUT2D eigenvalue weighted by molar-refractivity contribution is 5.95. The van der Waals surface area contributed by atoms with E-state index in [0.29, 0.717) is 45.2 Å². The van der Waals surface area contributed by atoms with Gasteiger partial charge >= 0.3 is 0 Å². The highest BCUT2D eigenvalue weighted by atomic mass is 16.2. The molecular weight excluding hydrogens is 476 g/mol. The van der Waals surface area contributed by atoms with Crippen molar-refractivity contribution in [3.05, 3.63) is 0 Å². The van der Waals surface area contributed by atoms with Crippen LogP contribution in [0.2, 0.25) is 0 Å². The lowest BCUT2D eigenvalue weighted by Gasteiger charge is -2.30. The van der Waals surface area contributed by atoms with E-state index in [2.05, 4.69) is 20.9 Å². The zero-order valence-corrected chi connectivity index (χ0v) is 23.1. The van der Waals surface area contributed by atoms with Crippen molar-refractivity contribution in [3.8, 4) is 0 Å². The van der Waals surface area contributed by atoms with Gasteiger partial charge in [-0.2, -0.15) is 0 Å². The topological polar surface area (TPSA) is 198 Å². The van der Waals surface area contributed by atoms with Gasteiger partial charge in [0.15, 0.2) is 5.96 Å². The summed E-state index contributed by atoms with van der Waals surface area (Å²) in [6, 6.07) is -3.06. The Hall–Kier alpha value is -2.89. The van der Waals surface area contributed by atoms with Crippen LogP contribution in [-0.2, 0) is 19.2 Å². The Morgan fingerprint density at radius 2 is 1.59 bits per heavy atom. The van der Waals surface area contributed by atoms with Crippen LogP contribution >= 0.6 is 0 Å². The minimum atomic E-state index is -0.896. The zero-order chi connectivity index (χ0) is 28.1. The lowest BCUT2D eigenvalue weighted by molar-refractivity contribution is -0.142. The largest absolute Gasteiger partial charge is 0.370 e. The molecule has 212 valence electrons. The van der Waals surface area contributed by atoms with Crippen LogP contribution in [0.4, 0.5) is 0 Å². The highest BCUT2D eigenvalue weighted by Crippen LogP contribution is 2.20. The number of amides is 4. The molecule has 1 aliphatic rings. The quantitative estimate of drug-likeness (QED) is 0.0947. The summed E-state index contributed by atoms with van der Waals surface area (Å²) in [5.74, 6) is -1.13. The van der Waals surface area contributed by atoms with Crippen molar-refractivity contribution in [2.24, 2.45) is 34.0 Å². The van der Waals surface area contributed by atoms with Crippen LogP contribution < -0.4 is 33.2 Å². The van der Waals surface area contributed by atoms with E-state index in [1.165, 1.54) is 4.90 Å². The molecule has 1 aliphatic heterocycles. The third-order valence-electron chi connectivity index (χ3n) is 6.15. The maximum Gasteiger partial charge on any atom is 0.245 e.